The Bertz CT molecular complexity index is 880. The summed E-state index contributed by atoms with van der Waals surface area (Å²) in [6, 6.07) is 7.03. The summed E-state index contributed by atoms with van der Waals surface area (Å²) in [6.07, 6.45) is 0. The van der Waals surface area contributed by atoms with Gasteiger partial charge in [0.1, 0.15) is 5.82 Å². The summed E-state index contributed by atoms with van der Waals surface area (Å²) in [6.45, 7) is 0. The number of benzene rings is 2. The second-order valence-corrected chi connectivity index (χ2v) is 7.41. The highest BCUT2D eigenvalue weighted by Crippen LogP contribution is 2.30. The zero-order valence-corrected chi connectivity index (χ0v) is 14.0. The van der Waals surface area contributed by atoms with Crippen LogP contribution >= 0.6 is 15.9 Å². The van der Waals surface area contributed by atoms with Crippen molar-refractivity contribution in [1.29, 1.82) is 0 Å². The van der Waals surface area contributed by atoms with Crippen molar-refractivity contribution in [3.05, 3.63) is 58.3 Å². The van der Waals surface area contributed by atoms with E-state index in [1.54, 1.807) is 0 Å². The van der Waals surface area contributed by atoms with Crippen molar-refractivity contribution in [3.8, 4) is 0 Å². The summed E-state index contributed by atoms with van der Waals surface area (Å²) in [5.74, 6) is -1.51. The van der Waals surface area contributed by atoms with E-state index in [2.05, 4.69) is 21.2 Å². The third-order valence-electron chi connectivity index (χ3n) is 2.91. The number of nitrogens with one attached hydrogen (secondary N) is 1. The fraction of sp³-hybridized carbons (Fsp3) is 0.0714. The van der Waals surface area contributed by atoms with Crippen LogP contribution in [0.25, 0.3) is 0 Å². The fourth-order valence-electron chi connectivity index (χ4n) is 1.70. The second-order valence-electron chi connectivity index (χ2n) is 4.55. The molecule has 1 amide bonds. The highest BCUT2D eigenvalue weighted by atomic mass is 79.9. The first-order valence-electron chi connectivity index (χ1n) is 6.20. The maximum atomic E-state index is 13.6. The van der Waals surface area contributed by atoms with E-state index < -0.39 is 32.0 Å². The van der Waals surface area contributed by atoms with Gasteiger partial charge in [-0.3, -0.25) is 4.79 Å². The van der Waals surface area contributed by atoms with Crippen molar-refractivity contribution in [3.63, 3.8) is 0 Å². The number of alkyl halides is 3. The van der Waals surface area contributed by atoms with Gasteiger partial charge < -0.3 is 5.32 Å². The first-order valence-corrected chi connectivity index (χ1v) is 8.48. The van der Waals surface area contributed by atoms with Crippen LogP contribution < -0.4 is 5.32 Å². The van der Waals surface area contributed by atoms with Gasteiger partial charge in [0.25, 0.3) is 15.7 Å². The van der Waals surface area contributed by atoms with E-state index >= 15 is 0 Å². The lowest BCUT2D eigenvalue weighted by atomic mass is 10.2. The Hall–Kier alpha value is -1.94. The van der Waals surface area contributed by atoms with E-state index in [0.717, 1.165) is 18.2 Å². The molecule has 0 bridgehead atoms. The van der Waals surface area contributed by atoms with Crippen LogP contribution in [0.3, 0.4) is 0 Å². The largest absolute Gasteiger partial charge is 0.501 e. The van der Waals surface area contributed by atoms with Crippen molar-refractivity contribution in [2.45, 2.75) is 10.4 Å². The van der Waals surface area contributed by atoms with Crippen LogP contribution in [0, 0.1) is 5.82 Å². The Morgan fingerprint density at radius 1 is 1.04 bits per heavy atom. The summed E-state index contributed by atoms with van der Waals surface area (Å²) in [4.78, 5) is 11.0. The fourth-order valence-corrected chi connectivity index (χ4v) is 2.80. The number of halogens is 5. The quantitative estimate of drug-likeness (QED) is 0.751. The molecule has 0 aliphatic carbocycles. The average molecular weight is 426 g/mol. The van der Waals surface area contributed by atoms with Crippen LogP contribution in [0.2, 0.25) is 0 Å². The molecule has 0 unspecified atom stereocenters. The lowest BCUT2D eigenvalue weighted by molar-refractivity contribution is -0.0436. The van der Waals surface area contributed by atoms with Gasteiger partial charge in [-0.25, -0.2) is 12.8 Å². The standard InChI is InChI=1S/C14H8BrF4NO3S/c15-9-3-6-12(11(16)7-9)20-13(21)8-1-4-10(5-2-8)24(22,23)14(17,18)19/h1-7H,(H,20,21). The van der Waals surface area contributed by atoms with E-state index in [-0.39, 0.29) is 11.3 Å². The number of hydrogen-bond acceptors (Lipinski definition) is 3. The van der Waals surface area contributed by atoms with Crippen LogP contribution in [-0.4, -0.2) is 19.8 Å². The van der Waals surface area contributed by atoms with Gasteiger partial charge in [0.05, 0.1) is 10.6 Å². The number of sulfone groups is 1. The molecule has 0 aliphatic rings. The van der Waals surface area contributed by atoms with Gasteiger partial charge >= 0.3 is 5.51 Å². The molecule has 1 N–H and O–H groups in total. The minimum absolute atomic E-state index is 0.126. The molecule has 0 saturated carbocycles. The smallest absolute Gasteiger partial charge is 0.319 e. The molecule has 0 aromatic heterocycles. The monoisotopic (exact) mass is 425 g/mol. The molecular weight excluding hydrogens is 418 g/mol. The molecule has 0 heterocycles. The maximum absolute atomic E-state index is 13.6. The average Bonchev–Trinajstić information content (AvgIpc) is 2.49. The van der Waals surface area contributed by atoms with Gasteiger partial charge in [0.15, 0.2) is 0 Å². The SMILES string of the molecule is O=C(Nc1ccc(Br)cc1F)c1ccc(S(=O)(=O)C(F)(F)F)cc1. The molecule has 0 radical (unpaired) electrons. The highest BCUT2D eigenvalue weighted by molar-refractivity contribution is 9.10. The molecule has 0 fully saturated rings. The van der Waals surface area contributed by atoms with E-state index in [0.29, 0.717) is 16.6 Å². The van der Waals surface area contributed by atoms with Crippen molar-refractivity contribution in [2.24, 2.45) is 0 Å². The summed E-state index contributed by atoms with van der Waals surface area (Å²) in [5.41, 5.74) is -5.69. The Morgan fingerprint density at radius 2 is 1.62 bits per heavy atom. The van der Waals surface area contributed by atoms with Crippen molar-refractivity contribution in [1.82, 2.24) is 0 Å². The topological polar surface area (TPSA) is 63.2 Å². The van der Waals surface area contributed by atoms with E-state index in [1.807, 2.05) is 0 Å². The van der Waals surface area contributed by atoms with Crippen LogP contribution in [0.5, 0.6) is 0 Å². The number of hydrogen-bond donors (Lipinski definition) is 1. The van der Waals surface area contributed by atoms with Gasteiger partial charge in [0.2, 0.25) is 0 Å². The number of carbonyl (C=O) groups excluding carboxylic acids is 1. The number of amides is 1. The molecular formula is C14H8BrF4NO3S. The normalized spacial score (nSPS) is 12.0. The molecule has 0 aliphatic heterocycles. The first-order chi connectivity index (χ1) is 11.0. The summed E-state index contributed by atoms with van der Waals surface area (Å²) in [5, 5.41) is 2.24. The van der Waals surface area contributed by atoms with Gasteiger partial charge in [-0.2, -0.15) is 13.2 Å². The molecule has 10 heteroatoms. The zero-order chi connectivity index (χ0) is 18.1. The Labute approximate surface area is 142 Å². The van der Waals surface area contributed by atoms with E-state index in [4.69, 9.17) is 0 Å². The van der Waals surface area contributed by atoms with Crippen molar-refractivity contribution < 1.29 is 30.8 Å². The van der Waals surface area contributed by atoms with Gasteiger partial charge in [-0.15, -0.1) is 0 Å². The number of carbonyl (C=O) groups is 1. The Kier molecular flexibility index (Phi) is 5.00. The van der Waals surface area contributed by atoms with Crippen LogP contribution in [0.15, 0.2) is 51.8 Å². The van der Waals surface area contributed by atoms with Gasteiger partial charge in [-0.05, 0) is 42.5 Å². The van der Waals surface area contributed by atoms with Crippen LogP contribution in [0.1, 0.15) is 10.4 Å². The predicted octanol–water partition coefficient (Wildman–Crippen LogP) is 4.13. The third kappa shape index (κ3) is 3.75. The second kappa shape index (κ2) is 6.52. The number of anilines is 1. The van der Waals surface area contributed by atoms with Crippen LogP contribution in [0.4, 0.5) is 23.2 Å². The van der Waals surface area contributed by atoms with E-state index in [9.17, 15) is 30.8 Å². The highest BCUT2D eigenvalue weighted by Gasteiger charge is 2.46. The lowest BCUT2D eigenvalue weighted by Gasteiger charge is -2.09. The Balaban J connectivity index is 2.23. The van der Waals surface area contributed by atoms with Crippen molar-refractivity contribution >= 4 is 37.4 Å². The molecule has 2 rings (SSSR count). The molecule has 128 valence electrons. The molecule has 0 saturated heterocycles. The Morgan fingerprint density at radius 3 is 2.12 bits per heavy atom. The maximum Gasteiger partial charge on any atom is 0.501 e. The third-order valence-corrected chi connectivity index (χ3v) is 4.91. The molecule has 0 atom stereocenters. The molecule has 0 spiro atoms. The first kappa shape index (κ1) is 18.4. The van der Waals surface area contributed by atoms with Crippen LogP contribution in [-0.2, 0) is 9.84 Å². The van der Waals surface area contributed by atoms with Gasteiger partial charge in [-0.1, -0.05) is 15.9 Å². The zero-order valence-electron chi connectivity index (χ0n) is 11.6. The molecule has 4 nitrogen and oxygen atoms in total. The summed E-state index contributed by atoms with van der Waals surface area (Å²) < 4.78 is 73.8. The van der Waals surface area contributed by atoms with Crippen molar-refractivity contribution in [2.75, 3.05) is 5.32 Å². The predicted molar refractivity (Wildman–Crippen MR) is 81.7 cm³/mol. The molecule has 2 aromatic carbocycles. The molecule has 24 heavy (non-hydrogen) atoms. The minimum atomic E-state index is -5.49. The van der Waals surface area contributed by atoms with E-state index in [1.165, 1.54) is 12.1 Å². The summed E-state index contributed by atoms with van der Waals surface area (Å²) >= 11 is 3.05. The molecule has 2 aromatic rings. The minimum Gasteiger partial charge on any atom is -0.319 e. The lowest BCUT2D eigenvalue weighted by Crippen LogP contribution is -2.23. The summed E-state index contributed by atoms with van der Waals surface area (Å²) in [7, 11) is -5.49. The van der Waals surface area contributed by atoms with Gasteiger partial charge in [0, 0.05) is 10.0 Å². The number of rotatable bonds is 3.